The van der Waals surface area contributed by atoms with Gasteiger partial charge in [0.15, 0.2) is 0 Å². The van der Waals surface area contributed by atoms with E-state index in [0.29, 0.717) is 17.5 Å². The fourth-order valence-electron chi connectivity index (χ4n) is 2.14. The highest BCUT2D eigenvalue weighted by atomic mass is 32.2. The molecule has 2 aromatic heterocycles. The zero-order chi connectivity index (χ0) is 16.4. The van der Waals surface area contributed by atoms with Crippen LogP contribution in [-0.2, 0) is 16.4 Å². The molecule has 0 aliphatic rings. The monoisotopic (exact) mass is 369 g/mol. The highest BCUT2D eigenvalue weighted by molar-refractivity contribution is 7.89. The highest BCUT2D eigenvalue weighted by Crippen LogP contribution is 2.24. The van der Waals surface area contributed by atoms with Gasteiger partial charge in [0.2, 0.25) is 10.0 Å². The fourth-order valence-corrected chi connectivity index (χ4v) is 4.88. The van der Waals surface area contributed by atoms with Gasteiger partial charge in [-0.25, -0.2) is 13.1 Å². The Balaban J connectivity index is 1.70. The molecule has 0 bridgehead atoms. The molecule has 1 unspecified atom stereocenters. The predicted octanol–water partition coefficient (Wildman–Crippen LogP) is 2.33. The van der Waals surface area contributed by atoms with Crippen LogP contribution in [0.1, 0.15) is 22.8 Å². The van der Waals surface area contributed by atoms with E-state index in [2.05, 4.69) is 13.5 Å². The molecule has 0 spiro atoms. The number of sulfonamides is 1. The first-order valence-electron chi connectivity index (χ1n) is 6.95. The number of benzene rings is 1. The van der Waals surface area contributed by atoms with E-state index in [1.54, 1.807) is 19.1 Å². The van der Waals surface area contributed by atoms with Crippen LogP contribution in [0.15, 0.2) is 35.2 Å². The van der Waals surface area contributed by atoms with Crippen molar-refractivity contribution < 1.29 is 13.5 Å². The summed E-state index contributed by atoms with van der Waals surface area (Å²) in [7, 11) is -3.63. The summed E-state index contributed by atoms with van der Waals surface area (Å²) >= 11 is 2.48. The van der Waals surface area contributed by atoms with Crippen LogP contribution >= 0.6 is 23.1 Å². The van der Waals surface area contributed by atoms with E-state index >= 15 is 0 Å². The molecule has 23 heavy (non-hydrogen) atoms. The Bertz CT molecular complexity index is 915. The minimum absolute atomic E-state index is 0.152. The van der Waals surface area contributed by atoms with Gasteiger partial charge in [0.1, 0.15) is 15.9 Å². The topological polar surface area (TPSA) is 92.2 Å². The molecule has 2 heterocycles. The molecule has 0 radical (unpaired) electrons. The summed E-state index contributed by atoms with van der Waals surface area (Å²) in [5.74, 6) is 0. The Morgan fingerprint density at radius 1 is 1.26 bits per heavy atom. The largest absolute Gasteiger partial charge is 0.388 e. The molecule has 2 N–H and O–H groups in total. The first kappa shape index (κ1) is 16.5. The summed E-state index contributed by atoms with van der Waals surface area (Å²) < 4.78 is 35.6. The van der Waals surface area contributed by atoms with Crippen LogP contribution in [0.3, 0.4) is 0 Å². The average molecular weight is 369 g/mol. The minimum Gasteiger partial charge on any atom is -0.388 e. The van der Waals surface area contributed by atoms with Crippen molar-refractivity contribution in [2.24, 2.45) is 0 Å². The summed E-state index contributed by atoms with van der Waals surface area (Å²) in [5.41, 5.74) is 0.982. The van der Waals surface area contributed by atoms with Gasteiger partial charge in [-0.15, -0.1) is 11.3 Å². The van der Waals surface area contributed by atoms with Crippen LogP contribution in [0, 0.1) is 0 Å². The third kappa shape index (κ3) is 3.59. The lowest BCUT2D eigenvalue weighted by Crippen LogP contribution is -2.26. The van der Waals surface area contributed by atoms with Crippen LogP contribution in [0.25, 0.3) is 11.0 Å². The van der Waals surface area contributed by atoms with E-state index in [1.807, 2.05) is 12.1 Å². The molecule has 1 atom stereocenters. The molecule has 0 fully saturated rings. The van der Waals surface area contributed by atoms with Crippen LogP contribution < -0.4 is 4.72 Å². The number of nitrogens with zero attached hydrogens (tertiary/aromatic N) is 2. The number of aliphatic hydroxyl groups excluding tert-OH is 1. The van der Waals surface area contributed by atoms with E-state index in [1.165, 1.54) is 17.4 Å². The fraction of sp³-hybridized carbons (Fsp3) is 0.286. The van der Waals surface area contributed by atoms with Gasteiger partial charge >= 0.3 is 0 Å². The molecule has 0 aliphatic carbocycles. The number of hydrogen-bond acceptors (Lipinski definition) is 7. The van der Waals surface area contributed by atoms with Gasteiger partial charge in [-0.05, 0) is 37.6 Å². The Labute approximate surface area is 142 Å². The zero-order valence-electron chi connectivity index (χ0n) is 12.3. The van der Waals surface area contributed by atoms with Crippen LogP contribution in [0.2, 0.25) is 0 Å². The highest BCUT2D eigenvalue weighted by Gasteiger charge is 2.19. The smallest absolute Gasteiger partial charge is 0.242 e. The van der Waals surface area contributed by atoms with Crippen LogP contribution in [-0.4, -0.2) is 28.8 Å². The maximum Gasteiger partial charge on any atom is 0.242 e. The molecular weight excluding hydrogens is 354 g/mol. The second-order valence-electron chi connectivity index (χ2n) is 5.02. The lowest BCUT2D eigenvalue weighted by molar-refractivity contribution is 0.203. The van der Waals surface area contributed by atoms with Gasteiger partial charge < -0.3 is 5.11 Å². The van der Waals surface area contributed by atoms with Crippen molar-refractivity contribution >= 4 is 44.1 Å². The van der Waals surface area contributed by atoms with Crippen molar-refractivity contribution in [3.8, 4) is 0 Å². The lowest BCUT2D eigenvalue weighted by atomic mass is 10.3. The normalized spacial score (nSPS) is 13.5. The molecule has 0 saturated carbocycles. The van der Waals surface area contributed by atoms with Crippen molar-refractivity contribution in [3.05, 3.63) is 40.1 Å². The maximum absolute atomic E-state index is 12.4. The SMILES string of the molecule is CC(O)c1ccc(CCNS(=O)(=O)c2cccc3nsnc23)s1. The van der Waals surface area contributed by atoms with Gasteiger partial charge in [-0.3, -0.25) is 0 Å². The van der Waals surface area contributed by atoms with Gasteiger partial charge in [0.25, 0.3) is 0 Å². The Hall–Kier alpha value is -1.39. The molecule has 0 saturated heterocycles. The second kappa shape index (κ2) is 6.62. The predicted molar refractivity (Wildman–Crippen MR) is 91.3 cm³/mol. The Kier molecular flexibility index (Phi) is 4.74. The van der Waals surface area contributed by atoms with E-state index in [-0.39, 0.29) is 11.4 Å². The molecule has 0 amide bonds. The van der Waals surface area contributed by atoms with Gasteiger partial charge in [0.05, 0.1) is 17.8 Å². The van der Waals surface area contributed by atoms with Crippen molar-refractivity contribution in [1.82, 2.24) is 13.5 Å². The Morgan fingerprint density at radius 2 is 2.09 bits per heavy atom. The third-order valence-corrected chi connectivity index (χ3v) is 6.65. The number of hydrogen-bond donors (Lipinski definition) is 2. The summed E-state index contributed by atoms with van der Waals surface area (Å²) in [6.45, 7) is 2.00. The second-order valence-corrected chi connectivity index (χ2v) is 8.48. The summed E-state index contributed by atoms with van der Waals surface area (Å²) in [4.78, 5) is 2.05. The third-order valence-electron chi connectivity index (χ3n) is 3.30. The number of fused-ring (bicyclic) bond motifs is 1. The standard InChI is InChI=1S/C14H15N3O3S3/c1-9(18)12-6-5-10(21-12)7-8-15-23(19,20)13-4-2-3-11-14(13)17-22-16-11/h2-6,9,15,18H,7-8H2,1H3. The van der Waals surface area contributed by atoms with Gasteiger partial charge in [-0.1, -0.05) is 6.07 Å². The number of rotatable bonds is 6. The molecular formula is C14H15N3O3S3. The summed E-state index contributed by atoms with van der Waals surface area (Å²) in [6, 6.07) is 8.70. The Morgan fingerprint density at radius 3 is 2.83 bits per heavy atom. The quantitative estimate of drug-likeness (QED) is 0.696. The van der Waals surface area contributed by atoms with Crippen molar-refractivity contribution in [2.75, 3.05) is 6.54 Å². The molecule has 9 heteroatoms. The van der Waals surface area contributed by atoms with Crippen molar-refractivity contribution in [3.63, 3.8) is 0 Å². The molecule has 0 aliphatic heterocycles. The molecule has 3 rings (SSSR count). The van der Waals surface area contributed by atoms with E-state index in [0.717, 1.165) is 21.5 Å². The lowest BCUT2D eigenvalue weighted by Gasteiger charge is -2.06. The molecule has 122 valence electrons. The zero-order valence-corrected chi connectivity index (χ0v) is 14.7. The van der Waals surface area contributed by atoms with Crippen molar-refractivity contribution in [2.45, 2.75) is 24.3 Å². The first-order chi connectivity index (χ1) is 11.0. The van der Waals surface area contributed by atoms with E-state index in [4.69, 9.17) is 0 Å². The molecule has 3 aromatic rings. The van der Waals surface area contributed by atoms with Crippen LogP contribution in [0.5, 0.6) is 0 Å². The number of aliphatic hydroxyl groups is 1. The van der Waals surface area contributed by atoms with Gasteiger partial charge in [0, 0.05) is 16.3 Å². The molecule has 1 aromatic carbocycles. The summed E-state index contributed by atoms with van der Waals surface area (Å²) in [5, 5.41) is 9.51. The average Bonchev–Trinajstić information content (AvgIpc) is 3.15. The number of nitrogens with one attached hydrogen (secondary N) is 1. The number of aromatic nitrogens is 2. The van der Waals surface area contributed by atoms with E-state index < -0.39 is 16.1 Å². The van der Waals surface area contributed by atoms with Gasteiger partial charge in [-0.2, -0.15) is 8.75 Å². The van der Waals surface area contributed by atoms with Crippen molar-refractivity contribution in [1.29, 1.82) is 0 Å². The molecule has 6 nitrogen and oxygen atoms in total. The first-order valence-corrected chi connectivity index (χ1v) is 9.98. The van der Waals surface area contributed by atoms with Crippen LogP contribution in [0.4, 0.5) is 0 Å². The summed E-state index contributed by atoms with van der Waals surface area (Å²) in [6.07, 6.45) is 0.0715. The number of thiophene rings is 1. The minimum atomic E-state index is -3.63. The van der Waals surface area contributed by atoms with E-state index in [9.17, 15) is 13.5 Å². The maximum atomic E-state index is 12.4.